The molecular formula is C17H12ClF3N6O2S. The molecular weight excluding hydrogens is 445 g/mol. The van der Waals surface area contributed by atoms with Crippen LogP contribution in [0.1, 0.15) is 5.56 Å². The minimum Gasteiger partial charge on any atom is -0.277 e. The van der Waals surface area contributed by atoms with E-state index in [0.717, 1.165) is 28.5 Å². The number of alkyl halides is 3. The van der Waals surface area contributed by atoms with E-state index in [0.29, 0.717) is 17.3 Å². The molecule has 0 saturated heterocycles. The number of aromatic nitrogens is 5. The van der Waals surface area contributed by atoms with E-state index in [4.69, 9.17) is 11.6 Å². The van der Waals surface area contributed by atoms with E-state index < -0.39 is 26.9 Å². The highest BCUT2D eigenvalue weighted by atomic mass is 35.5. The van der Waals surface area contributed by atoms with Gasteiger partial charge >= 0.3 is 6.18 Å². The van der Waals surface area contributed by atoms with Crippen LogP contribution in [0.4, 0.5) is 18.9 Å². The Hall–Kier alpha value is -3.12. The Kier molecular flexibility index (Phi) is 4.70. The number of nitrogens with one attached hydrogen (secondary N) is 1. The molecule has 1 aromatic carbocycles. The Labute approximate surface area is 173 Å². The fraction of sp³-hybridized carbons (Fsp3) is 0.118. The molecule has 0 amide bonds. The number of hydrogen-bond donors (Lipinski definition) is 1. The summed E-state index contributed by atoms with van der Waals surface area (Å²) in [5.41, 5.74) is -0.168. The number of halogens is 4. The number of sulfonamides is 1. The second-order valence-corrected chi connectivity index (χ2v) is 8.34. The van der Waals surface area contributed by atoms with Crippen molar-refractivity contribution in [1.29, 1.82) is 0 Å². The molecule has 3 heterocycles. The van der Waals surface area contributed by atoms with Crippen molar-refractivity contribution >= 4 is 38.2 Å². The molecule has 0 atom stereocenters. The number of hydrogen-bond acceptors (Lipinski definition) is 5. The SMILES string of the molecule is Cn1ncc2cccc(NS(=O)(=O)c3cnn(-c4cc(C(F)(F)F)cc(Cl)n4)c3)c21. The zero-order chi connectivity index (χ0) is 21.7. The third kappa shape index (κ3) is 3.71. The average molecular weight is 457 g/mol. The third-order valence-electron chi connectivity index (χ3n) is 4.22. The third-order valence-corrected chi connectivity index (χ3v) is 5.73. The molecule has 0 fully saturated rings. The van der Waals surface area contributed by atoms with Crippen LogP contribution in [-0.4, -0.2) is 33.0 Å². The van der Waals surface area contributed by atoms with E-state index in [-0.39, 0.29) is 10.7 Å². The maximum Gasteiger partial charge on any atom is 0.416 e. The van der Waals surface area contributed by atoms with Gasteiger partial charge in [0.05, 0.1) is 35.4 Å². The summed E-state index contributed by atoms with van der Waals surface area (Å²) < 4.78 is 69.5. The summed E-state index contributed by atoms with van der Waals surface area (Å²) in [4.78, 5) is 3.51. The number of nitrogens with zero attached hydrogens (tertiary/aromatic N) is 5. The van der Waals surface area contributed by atoms with Gasteiger partial charge in [-0.15, -0.1) is 0 Å². The first-order valence-corrected chi connectivity index (χ1v) is 10.1. The second kappa shape index (κ2) is 6.99. The fourth-order valence-electron chi connectivity index (χ4n) is 2.85. The molecule has 4 aromatic rings. The number of anilines is 1. The lowest BCUT2D eigenvalue weighted by atomic mass is 10.2. The average Bonchev–Trinajstić information content (AvgIpc) is 3.29. The van der Waals surface area contributed by atoms with Crippen LogP contribution in [0.25, 0.3) is 16.7 Å². The van der Waals surface area contributed by atoms with Crippen molar-refractivity contribution < 1.29 is 21.6 Å². The maximum atomic E-state index is 13.0. The smallest absolute Gasteiger partial charge is 0.277 e. The van der Waals surface area contributed by atoms with E-state index >= 15 is 0 Å². The van der Waals surface area contributed by atoms with Crippen molar-refractivity contribution in [3.8, 4) is 5.82 Å². The lowest BCUT2D eigenvalue weighted by Crippen LogP contribution is -2.13. The topological polar surface area (TPSA) is 94.7 Å². The molecule has 0 bridgehead atoms. The Balaban J connectivity index is 1.70. The number of rotatable bonds is 4. The van der Waals surface area contributed by atoms with Gasteiger partial charge in [0.1, 0.15) is 10.0 Å². The summed E-state index contributed by atoms with van der Waals surface area (Å²) in [7, 11) is -2.42. The molecule has 0 unspecified atom stereocenters. The highest BCUT2D eigenvalue weighted by molar-refractivity contribution is 7.92. The van der Waals surface area contributed by atoms with E-state index in [1.807, 2.05) is 0 Å². The Morgan fingerprint density at radius 3 is 2.63 bits per heavy atom. The molecule has 0 spiro atoms. The van der Waals surface area contributed by atoms with Gasteiger partial charge in [-0.3, -0.25) is 9.40 Å². The van der Waals surface area contributed by atoms with Gasteiger partial charge in [0, 0.05) is 12.4 Å². The first-order chi connectivity index (χ1) is 14.0. The highest BCUT2D eigenvalue weighted by Crippen LogP contribution is 2.32. The Bertz CT molecular complexity index is 1360. The van der Waals surface area contributed by atoms with Crippen molar-refractivity contribution in [2.24, 2.45) is 7.05 Å². The minimum atomic E-state index is -4.65. The first-order valence-electron chi connectivity index (χ1n) is 8.28. The summed E-state index contributed by atoms with van der Waals surface area (Å²) in [5, 5.41) is 8.24. The van der Waals surface area contributed by atoms with Crippen LogP contribution in [0.5, 0.6) is 0 Å². The number of para-hydroxylation sites is 1. The number of benzene rings is 1. The second-order valence-electron chi connectivity index (χ2n) is 6.27. The van der Waals surface area contributed by atoms with Crippen LogP contribution in [0.3, 0.4) is 0 Å². The number of pyridine rings is 1. The van der Waals surface area contributed by atoms with Crippen LogP contribution in [-0.2, 0) is 23.2 Å². The lowest BCUT2D eigenvalue weighted by molar-refractivity contribution is -0.137. The number of aryl methyl sites for hydroxylation is 1. The monoisotopic (exact) mass is 456 g/mol. The molecule has 0 radical (unpaired) electrons. The summed E-state index contributed by atoms with van der Waals surface area (Å²) >= 11 is 5.68. The molecule has 0 aliphatic heterocycles. The predicted octanol–water partition coefficient (Wildman–Crippen LogP) is 3.63. The van der Waals surface area contributed by atoms with Gasteiger partial charge in [-0.25, -0.2) is 18.1 Å². The zero-order valence-corrected chi connectivity index (χ0v) is 16.7. The summed E-state index contributed by atoms with van der Waals surface area (Å²) in [6.07, 6.45) is -1.01. The normalized spacial score (nSPS) is 12.4. The fourth-order valence-corrected chi connectivity index (χ4v) is 4.05. The van der Waals surface area contributed by atoms with E-state index in [1.54, 1.807) is 31.4 Å². The predicted molar refractivity (Wildman–Crippen MR) is 103 cm³/mol. The number of fused-ring (bicyclic) bond motifs is 1. The van der Waals surface area contributed by atoms with Gasteiger partial charge in [0.15, 0.2) is 5.82 Å². The van der Waals surface area contributed by atoms with Gasteiger partial charge in [-0.1, -0.05) is 23.7 Å². The Morgan fingerprint density at radius 1 is 1.13 bits per heavy atom. The molecule has 30 heavy (non-hydrogen) atoms. The van der Waals surface area contributed by atoms with Gasteiger partial charge in [-0.05, 0) is 18.2 Å². The van der Waals surface area contributed by atoms with Gasteiger partial charge in [0.25, 0.3) is 10.0 Å². The van der Waals surface area contributed by atoms with E-state index in [9.17, 15) is 21.6 Å². The largest absolute Gasteiger partial charge is 0.416 e. The zero-order valence-electron chi connectivity index (χ0n) is 15.1. The highest BCUT2D eigenvalue weighted by Gasteiger charge is 2.32. The first kappa shape index (κ1) is 20.2. The molecule has 8 nitrogen and oxygen atoms in total. The van der Waals surface area contributed by atoms with Crippen molar-refractivity contribution in [3.63, 3.8) is 0 Å². The van der Waals surface area contributed by atoms with Gasteiger partial charge in [-0.2, -0.15) is 23.4 Å². The van der Waals surface area contributed by atoms with Crippen LogP contribution in [0.2, 0.25) is 5.15 Å². The van der Waals surface area contributed by atoms with Crippen LogP contribution >= 0.6 is 11.6 Å². The summed E-state index contributed by atoms with van der Waals surface area (Å²) in [6.45, 7) is 0. The lowest BCUT2D eigenvalue weighted by Gasteiger charge is -2.09. The van der Waals surface area contributed by atoms with Crippen molar-refractivity contribution in [2.45, 2.75) is 11.1 Å². The quantitative estimate of drug-likeness (QED) is 0.473. The van der Waals surface area contributed by atoms with E-state index in [2.05, 4.69) is 19.9 Å². The molecule has 3 aromatic heterocycles. The summed E-state index contributed by atoms with van der Waals surface area (Å²) in [5.74, 6) is -0.273. The Morgan fingerprint density at radius 2 is 1.90 bits per heavy atom. The minimum absolute atomic E-state index is 0.267. The molecule has 156 valence electrons. The van der Waals surface area contributed by atoms with Crippen molar-refractivity contribution in [1.82, 2.24) is 24.5 Å². The van der Waals surface area contributed by atoms with Crippen molar-refractivity contribution in [3.05, 3.63) is 59.6 Å². The van der Waals surface area contributed by atoms with Crippen LogP contribution < -0.4 is 4.72 Å². The summed E-state index contributed by atoms with van der Waals surface area (Å²) in [6, 6.07) is 6.41. The van der Waals surface area contributed by atoms with E-state index in [1.165, 1.54) is 4.68 Å². The van der Waals surface area contributed by atoms with Crippen molar-refractivity contribution in [2.75, 3.05) is 4.72 Å². The van der Waals surface area contributed by atoms with Gasteiger partial charge < -0.3 is 0 Å². The van der Waals surface area contributed by atoms with Crippen LogP contribution in [0, 0.1) is 0 Å². The molecule has 0 aliphatic carbocycles. The molecule has 4 rings (SSSR count). The molecule has 0 saturated carbocycles. The molecule has 1 N–H and O–H groups in total. The molecule has 13 heteroatoms. The van der Waals surface area contributed by atoms with Gasteiger partial charge in [0.2, 0.25) is 0 Å². The maximum absolute atomic E-state index is 13.0. The van der Waals surface area contributed by atoms with Crippen LogP contribution in [0.15, 0.2) is 53.8 Å². The standard InChI is InChI=1S/C17H12ClF3N6O2S/c1-26-16-10(7-22-26)3-2-4-13(16)25-30(28,29)12-8-23-27(9-12)15-6-11(17(19,20)21)5-14(18)24-15/h2-9,25H,1H3. The molecule has 0 aliphatic rings.